The number of aromatic nitrogens is 4. The van der Waals surface area contributed by atoms with Gasteiger partial charge in [0.25, 0.3) is 5.56 Å². The number of carboxylic acids is 1. The summed E-state index contributed by atoms with van der Waals surface area (Å²) in [7, 11) is 0. The average Bonchev–Trinajstić information content (AvgIpc) is 2.79. The number of benzene rings is 1. The van der Waals surface area contributed by atoms with E-state index in [1.165, 1.54) is 34.8 Å². The molecule has 1 aliphatic heterocycles. The molecule has 4 heterocycles. The Morgan fingerprint density at radius 1 is 1.24 bits per heavy atom. The number of hydrogen-bond acceptors (Lipinski definition) is 7. The second kappa shape index (κ2) is 8.75. The number of halogens is 1. The van der Waals surface area contributed by atoms with Crippen LogP contribution >= 0.6 is 11.6 Å². The van der Waals surface area contributed by atoms with Crippen molar-refractivity contribution in [1.82, 2.24) is 19.4 Å². The average molecular weight is 477 g/mol. The van der Waals surface area contributed by atoms with Gasteiger partial charge in [0.1, 0.15) is 17.8 Å². The van der Waals surface area contributed by atoms with Crippen molar-refractivity contribution in [3.63, 3.8) is 0 Å². The molecule has 1 atom stereocenters. The van der Waals surface area contributed by atoms with Gasteiger partial charge in [-0.15, -0.1) is 0 Å². The van der Waals surface area contributed by atoms with Gasteiger partial charge in [0.05, 0.1) is 22.9 Å². The number of hydrogen-bond donors (Lipinski definition) is 2. The first kappa shape index (κ1) is 21.8. The van der Waals surface area contributed by atoms with Crippen molar-refractivity contribution in [3.8, 4) is 0 Å². The molecule has 0 aliphatic carbocycles. The second-order valence-electron chi connectivity index (χ2n) is 8.23. The third-order valence-corrected chi connectivity index (χ3v) is 6.18. The van der Waals surface area contributed by atoms with Gasteiger partial charge in [0.15, 0.2) is 5.69 Å². The number of carbonyl (C=O) groups is 1. The van der Waals surface area contributed by atoms with Gasteiger partial charge in [0, 0.05) is 36.8 Å². The summed E-state index contributed by atoms with van der Waals surface area (Å²) in [5, 5.41) is 12.9. The molecule has 1 saturated heterocycles. The maximum atomic E-state index is 12.9. The van der Waals surface area contributed by atoms with Crippen LogP contribution in [0.4, 0.5) is 11.5 Å². The standard InChI is InChI=1S/C24H21ClN6O3/c1-14(28-19-9-26-13-27-22(19)24(33)34)18-7-17(25)12-31-21(32)8-20(29-23(18)31)30-10-16(11-30)15-5-3-2-4-6-15/h2-9,12-14,16,28H,10-11H2,1H3,(H,33,34)/t14-/m1/s1. The van der Waals surface area contributed by atoms with Crippen molar-refractivity contribution in [2.45, 2.75) is 18.9 Å². The monoisotopic (exact) mass is 476 g/mol. The van der Waals surface area contributed by atoms with Gasteiger partial charge in [-0.3, -0.25) is 9.20 Å². The summed E-state index contributed by atoms with van der Waals surface area (Å²) in [4.78, 5) is 39.1. The Balaban J connectivity index is 1.48. The zero-order chi connectivity index (χ0) is 23.8. The Morgan fingerprint density at radius 3 is 2.74 bits per heavy atom. The highest BCUT2D eigenvalue weighted by atomic mass is 35.5. The van der Waals surface area contributed by atoms with Crippen molar-refractivity contribution < 1.29 is 9.90 Å². The lowest BCUT2D eigenvalue weighted by molar-refractivity contribution is 0.0691. The van der Waals surface area contributed by atoms with E-state index in [0.29, 0.717) is 28.0 Å². The van der Waals surface area contributed by atoms with Crippen LogP contribution in [-0.4, -0.2) is 43.5 Å². The molecule has 10 heteroatoms. The number of pyridine rings is 1. The predicted molar refractivity (Wildman–Crippen MR) is 129 cm³/mol. The van der Waals surface area contributed by atoms with Gasteiger partial charge < -0.3 is 15.3 Å². The fourth-order valence-electron chi connectivity index (χ4n) is 4.18. The molecular weight excluding hydrogens is 456 g/mol. The Hall–Kier alpha value is -3.98. The number of rotatable bonds is 6. The topological polar surface area (TPSA) is 113 Å². The van der Waals surface area contributed by atoms with Gasteiger partial charge in [-0.05, 0) is 18.6 Å². The summed E-state index contributed by atoms with van der Waals surface area (Å²) in [6.07, 6.45) is 4.11. The zero-order valence-corrected chi connectivity index (χ0v) is 19.0. The number of carboxylic acid groups (broad SMARTS) is 1. The summed E-state index contributed by atoms with van der Waals surface area (Å²) in [5.41, 5.74) is 2.23. The second-order valence-corrected chi connectivity index (χ2v) is 8.67. The van der Waals surface area contributed by atoms with Crippen molar-refractivity contribution in [2.75, 3.05) is 23.3 Å². The largest absolute Gasteiger partial charge is 0.476 e. The van der Waals surface area contributed by atoms with E-state index in [0.717, 1.165) is 13.1 Å². The van der Waals surface area contributed by atoms with Gasteiger partial charge in [-0.2, -0.15) is 0 Å². The molecule has 3 aromatic heterocycles. The van der Waals surface area contributed by atoms with Crippen LogP contribution in [0.25, 0.3) is 5.65 Å². The summed E-state index contributed by atoms with van der Waals surface area (Å²) in [6.45, 7) is 3.37. The van der Waals surface area contributed by atoms with E-state index in [1.807, 2.05) is 25.1 Å². The van der Waals surface area contributed by atoms with Crippen molar-refractivity contribution in [2.24, 2.45) is 0 Å². The van der Waals surface area contributed by atoms with E-state index in [2.05, 4.69) is 32.3 Å². The van der Waals surface area contributed by atoms with E-state index in [-0.39, 0.29) is 16.9 Å². The lowest BCUT2D eigenvalue weighted by Gasteiger charge is -2.40. The van der Waals surface area contributed by atoms with Crippen molar-refractivity contribution in [3.05, 3.63) is 93.4 Å². The Labute approximate surface area is 199 Å². The number of anilines is 2. The minimum Gasteiger partial charge on any atom is -0.476 e. The normalized spacial score (nSPS) is 14.6. The molecule has 4 aromatic rings. The third-order valence-electron chi connectivity index (χ3n) is 5.97. The summed E-state index contributed by atoms with van der Waals surface area (Å²) >= 11 is 6.31. The molecule has 0 radical (unpaired) electrons. The van der Waals surface area contributed by atoms with Crippen LogP contribution < -0.4 is 15.8 Å². The smallest absolute Gasteiger partial charge is 0.356 e. The quantitative estimate of drug-likeness (QED) is 0.434. The first-order chi connectivity index (χ1) is 16.4. The van der Waals surface area contributed by atoms with Gasteiger partial charge in [-0.1, -0.05) is 41.9 Å². The lowest BCUT2D eigenvalue weighted by Crippen LogP contribution is -2.46. The van der Waals surface area contributed by atoms with E-state index in [4.69, 9.17) is 16.6 Å². The third kappa shape index (κ3) is 4.06. The van der Waals surface area contributed by atoms with Crippen LogP contribution in [0.5, 0.6) is 0 Å². The summed E-state index contributed by atoms with van der Waals surface area (Å²) in [6, 6.07) is 13.1. The molecule has 0 amide bonds. The summed E-state index contributed by atoms with van der Waals surface area (Å²) < 4.78 is 1.41. The highest BCUT2D eigenvalue weighted by molar-refractivity contribution is 6.30. The first-order valence-electron chi connectivity index (χ1n) is 10.7. The molecule has 34 heavy (non-hydrogen) atoms. The SMILES string of the molecule is C[C@@H](Nc1cncnc1C(=O)O)c1cc(Cl)cn2c(=O)cc(N3CC(c4ccccc4)C3)nc12. The molecule has 0 bridgehead atoms. The maximum Gasteiger partial charge on any atom is 0.356 e. The highest BCUT2D eigenvalue weighted by Gasteiger charge is 2.30. The number of nitrogens with one attached hydrogen (secondary N) is 1. The molecule has 1 aliphatic rings. The molecule has 2 N–H and O–H groups in total. The van der Waals surface area contributed by atoms with Crippen molar-refractivity contribution >= 4 is 34.7 Å². The fraction of sp³-hybridized carbons (Fsp3) is 0.208. The molecule has 0 spiro atoms. The Bertz CT molecular complexity index is 1440. The van der Waals surface area contributed by atoms with Crippen LogP contribution in [0, 0.1) is 0 Å². The molecule has 9 nitrogen and oxygen atoms in total. The fourth-order valence-corrected chi connectivity index (χ4v) is 4.40. The van der Waals surface area contributed by atoms with Crippen LogP contribution in [0.1, 0.15) is 40.5 Å². The Kier molecular flexibility index (Phi) is 5.62. The number of nitrogens with zero attached hydrogens (tertiary/aromatic N) is 5. The molecule has 0 saturated carbocycles. The van der Waals surface area contributed by atoms with Crippen LogP contribution in [-0.2, 0) is 0 Å². The van der Waals surface area contributed by atoms with Gasteiger partial charge in [-0.25, -0.2) is 19.7 Å². The lowest BCUT2D eigenvalue weighted by atomic mass is 9.91. The number of fused-ring (bicyclic) bond motifs is 1. The molecule has 172 valence electrons. The van der Waals surface area contributed by atoms with E-state index >= 15 is 0 Å². The van der Waals surface area contributed by atoms with Crippen LogP contribution in [0.2, 0.25) is 5.02 Å². The highest BCUT2D eigenvalue weighted by Crippen LogP contribution is 2.31. The zero-order valence-electron chi connectivity index (χ0n) is 18.2. The number of aromatic carboxylic acids is 1. The van der Waals surface area contributed by atoms with Crippen molar-refractivity contribution in [1.29, 1.82) is 0 Å². The summed E-state index contributed by atoms with van der Waals surface area (Å²) in [5.74, 6) is -0.183. The minimum absolute atomic E-state index is 0.147. The molecule has 1 aromatic carbocycles. The molecule has 5 rings (SSSR count). The minimum atomic E-state index is -1.17. The van der Waals surface area contributed by atoms with Gasteiger partial charge >= 0.3 is 5.97 Å². The first-order valence-corrected chi connectivity index (χ1v) is 11.1. The van der Waals surface area contributed by atoms with E-state index in [9.17, 15) is 14.7 Å². The van der Waals surface area contributed by atoms with E-state index < -0.39 is 12.0 Å². The van der Waals surface area contributed by atoms with Crippen LogP contribution in [0.3, 0.4) is 0 Å². The van der Waals surface area contributed by atoms with Crippen LogP contribution in [0.15, 0.2) is 66.0 Å². The molecule has 0 unspecified atom stereocenters. The predicted octanol–water partition coefficient (Wildman–Crippen LogP) is 3.61. The molecular formula is C24H21ClN6O3. The Morgan fingerprint density at radius 2 is 2.00 bits per heavy atom. The maximum absolute atomic E-state index is 12.9. The molecule has 1 fully saturated rings. The van der Waals surface area contributed by atoms with Gasteiger partial charge in [0.2, 0.25) is 0 Å². The van der Waals surface area contributed by atoms with E-state index in [1.54, 1.807) is 6.07 Å².